The van der Waals surface area contributed by atoms with Gasteiger partial charge in [0.05, 0.1) is 34.8 Å². The highest BCUT2D eigenvalue weighted by molar-refractivity contribution is 6.33. The second kappa shape index (κ2) is 10.6. The molecule has 34 heavy (non-hydrogen) atoms. The number of nitriles is 1. The maximum absolute atomic E-state index is 9.18. The number of nitrogens with zero attached hydrogens (tertiary/aromatic N) is 4. The van der Waals surface area contributed by atoms with Gasteiger partial charge in [-0.2, -0.15) is 5.26 Å². The first-order valence-corrected chi connectivity index (χ1v) is 12.8. The molecule has 0 bridgehead atoms. The van der Waals surface area contributed by atoms with E-state index in [-0.39, 0.29) is 12.0 Å². The Bertz CT molecular complexity index is 1140. The van der Waals surface area contributed by atoms with Crippen LogP contribution >= 0.6 is 11.6 Å². The van der Waals surface area contributed by atoms with Gasteiger partial charge in [-0.05, 0) is 61.3 Å². The van der Waals surface area contributed by atoms with Crippen LogP contribution in [0.25, 0.3) is 0 Å². The van der Waals surface area contributed by atoms with Crippen molar-refractivity contribution in [3.8, 4) is 6.07 Å². The first-order chi connectivity index (χ1) is 16.7. The van der Waals surface area contributed by atoms with E-state index in [1.165, 1.54) is 16.8 Å². The van der Waals surface area contributed by atoms with Gasteiger partial charge in [0.15, 0.2) is 0 Å². The van der Waals surface area contributed by atoms with Crippen LogP contribution in [0, 0.1) is 23.2 Å². The number of hydrogen-bond acceptors (Lipinski definition) is 4. The second-order valence-corrected chi connectivity index (χ2v) is 10.1. The van der Waals surface area contributed by atoms with Crippen LogP contribution in [0.3, 0.4) is 0 Å². The summed E-state index contributed by atoms with van der Waals surface area (Å²) in [5.74, 6) is 0.878. The van der Waals surface area contributed by atoms with Crippen LogP contribution < -0.4 is 10.2 Å². The lowest BCUT2D eigenvalue weighted by molar-refractivity contribution is 0.282. The summed E-state index contributed by atoms with van der Waals surface area (Å²) in [6, 6.07) is 19.6. The first kappa shape index (κ1) is 23.0. The molecular formula is C28H32ClN5. The molecule has 1 fully saturated rings. The van der Waals surface area contributed by atoms with E-state index in [9.17, 15) is 5.26 Å². The highest BCUT2D eigenvalue weighted by atomic mass is 35.5. The lowest BCUT2D eigenvalue weighted by Crippen LogP contribution is -2.34. The normalized spacial score (nSPS) is 22.6. The maximum Gasteiger partial charge on any atom is 0.0948 e. The Morgan fingerprint density at radius 2 is 1.85 bits per heavy atom. The quantitative estimate of drug-likeness (QED) is 0.494. The molecule has 0 saturated heterocycles. The van der Waals surface area contributed by atoms with Gasteiger partial charge in [-0.15, -0.1) is 0 Å². The van der Waals surface area contributed by atoms with Crippen molar-refractivity contribution in [1.29, 1.82) is 5.26 Å². The lowest BCUT2D eigenvalue weighted by atomic mass is 9.83. The van der Waals surface area contributed by atoms with Crippen LogP contribution in [-0.2, 0) is 19.5 Å². The molecule has 5 nitrogen and oxygen atoms in total. The number of aromatic nitrogens is 2. The molecule has 0 amide bonds. The molecule has 6 heteroatoms. The number of imidazole rings is 1. The van der Waals surface area contributed by atoms with Crippen molar-refractivity contribution in [2.75, 3.05) is 18.0 Å². The lowest BCUT2D eigenvalue weighted by Gasteiger charge is -2.29. The number of benzene rings is 2. The molecule has 1 aromatic heterocycles. The molecule has 2 aromatic carbocycles. The predicted molar refractivity (Wildman–Crippen MR) is 137 cm³/mol. The molecular weight excluding hydrogens is 442 g/mol. The van der Waals surface area contributed by atoms with E-state index in [0.29, 0.717) is 5.92 Å². The molecule has 1 unspecified atom stereocenters. The Morgan fingerprint density at radius 1 is 1.06 bits per heavy atom. The standard InChI is InChI=1S/C28H32ClN5/c29-26-7-3-4-8-28(26)33-14-13-23-5-1-2-6-25(23)27(19-33)32-17-24-16-31-20-34(24)18-22-11-9-21(15-30)10-12-22/h1-8,16,20-22,27,32H,9-14,17-19H2. The van der Waals surface area contributed by atoms with Crippen molar-refractivity contribution < 1.29 is 0 Å². The molecule has 176 valence electrons. The summed E-state index contributed by atoms with van der Waals surface area (Å²) in [6.45, 7) is 3.57. The Balaban J connectivity index is 1.30. The smallest absolute Gasteiger partial charge is 0.0948 e. The third-order valence-corrected chi connectivity index (χ3v) is 7.81. The van der Waals surface area contributed by atoms with Gasteiger partial charge in [0, 0.05) is 38.3 Å². The first-order valence-electron chi connectivity index (χ1n) is 12.4. The van der Waals surface area contributed by atoms with Crippen LogP contribution in [0.15, 0.2) is 61.1 Å². The van der Waals surface area contributed by atoms with E-state index < -0.39 is 0 Å². The predicted octanol–water partition coefficient (Wildman–Crippen LogP) is 5.76. The van der Waals surface area contributed by atoms with Crippen LogP contribution in [0.2, 0.25) is 5.02 Å². The van der Waals surface area contributed by atoms with Gasteiger partial charge >= 0.3 is 0 Å². The number of halogens is 1. The fourth-order valence-corrected chi connectivity index (χ4v) is 5.76. The van der Waals surface area contributed by atoms with Crippen molar-refractivity contribution in [3.63, 3.8) is 0 Å². The van der Waals surface area contributed by atoms with E-state index >= 15 is 0 Å². The number of nitrogens with one attached hydrogen (secondary N) is 1. The zero-order valence-corrected chi connectivity index (χ0v) is 20.3. The fraction of sp³-hybridized carbons (Fsp3) is 0.429. The molecule has 3 aromatic rings. The average molecular weight is 474 g/mol. The summed E-state index contributed by atoms with van der Waals surface area (Å²) in [4.78, 5) is 6.87. The molecule has 2 heterocycles. The number of rotatable bonds is 6. The summed E-state index contributed by atoms with van der Waals surface area (Å²) in [5.41, 5.74) is 5.09. The minimum absolute atomic E-state index is 0.199. The van der Waals surface area contributed by atoms with Crippen molar-refractivity contribution in [3.05, 3.63) is 82.9 Å². The Hall–Kier alpha value is -2.81. The van der Waals surface area contributed by atoms with Gasteiger partial charge in [-0.25, -0.2) is 4.98 Å². The van der Waals surface area contributed by atoms with E-state index in [1.54, 1.807) is 0 Å². The van der Waals surface area contributed by atoms with E-state index in [2.05, 4.69) is 62.2 Å². The molecule has 5 rings (SSSR count). The van der Waals surface area contributed by atoms with E-state index in [1.807, 2.05) is 24.7 Å². The molecule has 1 aliphatic heterocycles. The minimum atomic E-state index is 0.199. The molecule has 1 atom stereocenters. The largest absolute Gasteiger partial charge is 0.368 e. The minimum Gasteiger partial charge on any atom is -0.368 e. The van der Waals surface area contributed by atoms with E-state index in [0.717, 1.165) is 69.0 Å². The third-order valence-electron chi connectivity index (χ3n) is 7.49. The van der Waals surface area contributed by atoms with Gasteiger partial charge in [-0.3, -0.25) is 0 Å². The van der Waals surface area contributed by atoms with E-state index in [4.69, 9.17) is 11.6 Å². The SMILES string of the molecule is N#CC1CCC(Cn2cncc2CNC2CN(c3ccccc3Cl)CCc3ccccc32)CC1. The number of para-hydroxylation sites is 1. The summed E-state index contributed by atoms with van der Waals surface area (Å²) >= 11 is 6.57. The van der Waals surface area contributed by atoms with Gasteiger partial charge in [0.1, 0.15) is 0 Å². The molecule has 0 spiro atoms. The van der Waals surface area contributed by atoms with Crippen LogP contribution in [-0.4, -0.2) is 22.6 Å². The Kier molecular flexibility index (Phi) is 7.18. The molecule has 1 saturated carbocycles. The second-order valence-electron chi connectivity index (χ2n) is 9.66. The average Bonchev–Trinajstić information content (AvgIpc) is 3.23. The van der Waals surface area contributed by atoms with Gasteiger partial charge in [0.2, 0.25) is 0 Å². The monoisotopic (exact) mass is 473 g/mol. The zero-order chi connectivity index (χ0) is 23.3. The molecule has 1 N–H and O–H groups in total. The number of anilines is 1. The highest BCUT2D eigenvalue weighted by Crippen LogP contribution is 2.32. The molecule has 2 aliphatic rings. The van der Waals surface area contributed by atoms with Crippen molar-refractivity contribution in [2.24, 2.45) is 11.8 Å². The molecule has 1 aliphatic carbocycles. The van der Waals surface area contributed by atoms with Crippen LogP contribution in [0.1, 0.15) is 48.5 Å². The zero-order valence-electron chi connectivity index (χ0n) is 19.5. The fourth-order valence-electron chi connectivity index (χ4n) is 5.51. The van der Waals surface area contributed by atoms with Gasteiger partial charge < -0.3 is 14.8 Å². The molecule has 0 radical (unpaired) electrons. The van der Waals surface area contributed by atoms with Crippen molar-refractivity contribution in [1.82, 2.24) is 14.9 Å². The topological polar surface area (TPSA) is 56.9 Å². The summed E-state index contributed by atoms with van der Waals surface area (Å²) in [7, 11) is 0. The Labute approximate surface area is 207 Å². The summed E-state index contributed by atoms with van der Waals surface area (Å²) in [6.07, 6.45) is 9.27. The summed E-state index contributed by atoms with van der Waals surface area (Å²) < 4.78 is 2.30. The van der Waals surface area contributed by atoms with Crippen LogP contribution in [0.5, 0.6) is 0 Å². The number of hydrogen-bond donors (Lipinski definition) is 1. The highest BCUT2D eigenvalue weighted by Gasteiger charge is 2.25. The maximum atomic E-state index is 9.18. The van der Waals surface area contributed by atoms with Gasteiger partial charge in [-0.1, -0.05) is 48.0 Å². The third kappa shape index (κ3) is 5.14. The van der Waals surface area contributed by atoms with Gasteiger partial charge in [0.25, 0.3) is 0 Å². The van der Waals surface area contributed by atoms with Crippen LogP contribution in [0.4, 0.5) is 5.69 Å². The Morgan fingerprint density at radius 3 is 2.68 bits per heavy atom. The summed E-state index contributed by atoms with van der Waals surface area (Å²) in [5, 5.41) is 13.8. The number of fused-ring (bicyclic) bond motifs is 1. The van der Waals surface area contributed by atoms with Crippen molar-refractivity contribution in [2.45, 2.75) is 51.2 Å². The van der Waals surface area contributed by atoms with Crippen molar-refractivity contribution >= 4 is 17.3 Å².